The minimum atomic E-state index is -0.696. The number of rotatable bonds is 9. The van der Waals surface area contributed by atoms with E-state index < -0.39 is 6.10 Å². The number of carbonyl (C=O) groups is 2. The van der Waals surface area contributed by atoms with Gasteiger partial charge in [-0.3, -0.25) is 4.79 Å². The maximum atomic E-state index is 12.4. The average Bonchev–Trinajstić information content (AvgIpc) is 2.67. The van der Waals surface area contributed by atoms with Crippen molar-refractivity contribution in [2.45, 2.75) is 46.1 Å². The molecule has 0 aliphatic heterocycles. The number of para-hydroxylation sites is 1. The quantitative estimate of drug-likeness (QED) is 0.512. The molecule has 1 amide bonds. The molecule has 0 aliphatic carbocycles. The Labute approximate surface area is 160 Å². The molecule has 0 spiro atoms. The lowest BCUT2D eigenvalue weighted by Gasteiger charge is -2.14. The van der Waals surface area contributed by atoms with Gasteiger partial charge < -0.3 is 14.8 Å². The Morgan fingerprint density at radius 1 is 1.04 bits per heavy atom. The van der Waals surface area contributed by atoms with Crippen LogP contribution in [0.1, 0.15) is 49.0 Å². The summed E-state index contributed by atoms with van der Waals surface area (Å²) < 4.78 is 10.8. The fourth-order valence-electron chi connectivity index (χ4n) is 2.49. The monoisotopic (exact) mass is 369 g/mol. The van der Waals surface area contributed by atoms with Gasteiger partial charge in [0.2, 0.25) is 0 Å². The van der Waals surface area contributed by atoms with Crippen LogP contribution in [0.2, 0.25) is 0 Å². The van der Waals surface area contributed by atoms with Crippen molar-refractivity contribution in [2.24, 2.45) is 0 Å². The van der Waals surface area contributed by atoms with E-state index in [0.29, 0.717) is 17.9 Å². The van der Waals surface area contributed by atoms with Gasteiger partial charge in [0.05, 0.1) is 6.61 Å². The second-order valence-electron chi connectivity index (χ2n) is 6.43. The predicted octanol–water partition coefficient (Wildman–Crippen LogP) is 4.75. The Bertz CT molecular complexity index is 755. The van der Waals surface area contributed by atoms with E-state index >= 15 is 0 Å². The summed E-state index contributed by atoms with van der Waals surface area (Å²) in [6.07, 6.45) is 2.28. The van der Waals surface area contributed by atoms with Crippen LogP contribution in [-0.2, 0) is 9.53 Å². The lowest BCUT2D eigenvalue weighted by molar-refractivity contribution is -0.151. The fourth-order valence-corrected chi connectivity index (χ4v) is 2.49. The first-order valence-corrected chi connectivity index (χ1v) is 9.31. The van der Waals surface area contributed by atoms with Crippen LogP contribution in [0.25, 0.3) is 0 Å². The zero-order valence-electron chi connectivity index (χ0n) is 16.2. The molecule has 1 atom stereocenters. The second kappa shape index (κ2) is 10.4. The fraction of sp³-hybridized carbons (Fsp3) is 0.364. The van der Waals surface area contributed by atoms with E-state index in [4.69, 9.17) is 9.47 Å². The average molecular weight is 369 g/mol. The molecule has 2 rings (SSSR count). The van der Waals surface area contributed by atoms with Crippen LogP contribution < -0.4 is 10.1 Å². The topological polar surface area (TPSA) is 64.6 Å². The number of hydrogen-bond acceptors (Lipinski definition) is 4. The third kappa shape index (κ3) is 6.44. The van der Waals surface area contributed by atoms with Crippen LogP contribution >= 0.6 is 0 Å². The Hall–Kier alpha value is -2.82. The van der Waals surface area contributed by atoms with Gasteiger partial charge in [-0.15, -0.1) is 0 Å². The van der Waals surface area contributed by atoms with Gasteiger partial charge in [0.15, 0.2) is 6.10 Å². The van der Waals surface area contributed by atoms with Gasteiger partial charge in [0, 0.05) is 11.3 Å². The highest BCUT2D eigenvalue weighted by molar-refractivity contribution is 6.04. The summed E-state index contributed by atoms with van der Waals surface area (Å²) in [7, 11) is 0. The van der Waals surface area contributed by atoms with Crippen LogP contribution in [0.4, 0.5) is 5.69 Å². The molecule has 0 radical (unpaired) electrons. The van der Waals surface area contributed by atoms with E-state index in [2.05, 4.69) is 12.2 Å². The van der Waals surface area contributed by atoms with Gasteiger partial charge in [-0.25, -0.2) is 4.79 Å². The maximum Gasteiger partial charge on any atom is 0.347 e. The molecule has 5 nitrogen and oxygen atoms in total. The smallest absolute Gasteiger partial charge is 0.347 e. The molecule has 1 N–H and O–H groups in total. The Balaban J connectivity index is 1.88. The highest BCUT2D eigenvalue weighted by atomic mass is 16.6. The minimum absolute atomic E-state index is 0.195. The Kier molecular flexibility index (Phi) is 7.86. The van der Waals surface area contributed by atoms with Crippen LogP contribution in [0.15, 0.2) is 48.5 Å². The van der Waals surface area contributed by atoms with Crippen molar-refractivity contribution < 1.29 is 19.1 Å². The molecule has 144 valence electrons. The number of ether oxygens (including phenoxy) is 2. The first-order valence-electron chi connectivity index (χ1n) is 9.31. The molecule has 0 bridgehead atoms. The molecule has 0 heterocycles. The molecule has 0 unspecified atom stereocenters. The summed E-state index contributed by atoms with van der Waals surface area (Å²) in [5, 5.41) is 2.88. The normalized spacial score (nSPS) is 11.5. The molecule has 2 aromatic carbocycles. The van der Waals surface area contributed by atoms with Gasteiger partial charge in [0.1, 0.15) is 5.75 Å². The van der Waals surface area contributed by atoms with Gasteiger partial charge in [-0.1, -0.05) is 38.0 Å². The highest BCUT2D eigenvalue weighted by Gasteiger charge is 2.16. The van der Waals surface area contributed by atoms with Crippen molar-refractivity contribution in [3.63, 3.8) is 0 Å². The zero-order valence-corrected chi connectivity index (χ0v) is 16.2. The van der Waals surface area contributed by atoms with E-state index in [1.54, 1.807) is 31.2 Å². The number of esters is 1. The van der Waals surface area contributed by atoms with Crippen LogP contribution in [0.3, 0.4) is 0 Å². The summed E-state index contributed by atoms with van der Waals surface area (Å²) in [6.45, 7) is 6.10. The molecular formula is C22H27NO4. The summed E-state index contributed by atoms with van der Waals surface area (Å²) in [5.74, 6) is -0.0628. The summed E-state index contributed by atoms with van der Waals surface area (Å²) in [4.78, 5) is 24.3. The van der Waals surface area contributed by atoms with Gasteiger partial charge in [-0.2, -0.15) is 0 Å². The molecule has 0 aromatic heterocycles. The van der Waals surface area contributed by atoms with Crippen LogP contribution in [0, 0.1) is 6.92 Å². The highest BCUT2D eigenvalue weighted by Crippen LogP contribution is 2.18. The van der Waals surface area contributed by atoms with E-state index in [-0.39, 0.29) is 11.9 Å². The summed E-state index contributed by atoms with van der Waals surface area (Å²) >= 11 is 0. The predicted molar refractivity (Wildman–Crippen MR) is 106 cm³/mol. The first-order chi connectivity index (χ1) is 13.0. The largest absolute Gasteiger partial charge is 0.479 e. The summed E-state index contributed by atoms with van der Waals surface area (Å²) in [5.41, 5.74) is 2.29. The van der Waals surface area contributed by atoms with E-state index in [0.717, 1.165) is 30.5 Å². The van der Waals surface area contributed by atoms with Crippen molar-refractivity contribution >= 4 is 17.6 Å². The molecule has 27 heavy (non-hydrogen) atoms. The molecular weight excluding hydrogens is 342 g/mol. The maximum absolute atomic E-state index is 12.4. The third-order valence-corrected chi connectivity index (χ3v) is 4.15. The molecule has 0 aliphatic rings. The Morgan fingerprint density at radius 3 is 2.41 bits per heavy atom. The number of unbranched alkanes of at least 4 members (excludes halogenated alkanes) is 2. The van der Waals surface area contributed by atoms with E-state index in [1.807, 2.05) is 31.2 Å². The lowest BCUT2D eigenvalue weighted by atomic mass is 10.1. The number of hydrogen-bond donors (Lipinski definition) is 1. The number of benzene rings is 2. The number of nitrogens with one attached hydrogen (secondary N) is 1. The number of anilines is 1. The molecule has 0 saturated heterocycles. The molecule has 5 heteroatoms. The van der Waals surface area contributed by atoms with Crippen molar-refractivity contribution in [1.82, 2.24) is 0 Å². The van der Waals surface area contributed by atoms with Gasteiger partial charge in [-0.05, 0) is 56.2 Å². The van der Waals surface area contributed by atoms with Gasteiger partial charge >= 0.3 is 5.97 Å². The Morgan fingerprint density at radius 2 is 1.74 bits per heavy atom. The van der Waals surface area contributed by atoms with Gasteiger partial charge in [0.25, 0.3) is 5.91 Å². The van der Waals surface area contributed by atoms with E-state index in [9.17, 15) is 9.59 Å². The SMILES string of the molecule is CCCCCOC(=O)[C@H](C)Oc1ccc(C(=O)Nc2ccccc2C)cc1. The van der Waals surface area contributed by atoms with Crippen molar-refractivity contribution in [2.75, 3.05) is 11.9 Å². The third-order valence-electron chi connectivity index (χ3n) is 4.15. The second-order valence-corrected chi connectivity index (χ2v) is 6.43. The number of carbonyl (C=O) groups excluding carboxylic acids is 2. The summed E-state index contributed by atoms with van der Waals surface area (Å²) in [6, 6.07) is 14.3. The van der Waals surface area contributed by atoms with Crippen molar-refractivity contribution in [1.29, 1.82) is 0 Å². The number of aryl methyl sites for hydroxylation is 1. The zero-order chi connectivity index (χ0) is 19.6. The van der Waals surface area contributed by atoms with Crippen LogP contribution in [0.5, 0.6) is 5.75 Å². The van der Waals surface area contributed by atoms with Crippen LogP contribution in [-0.4, -0.2) is 24.6 Å². The standard InChI is InChI=1S/C22H27NO4/c1-4-5-8-15-26-22(25)17(3)27-19-13-11-18(12-14-19)21(24)23-20-10-7-6-9-16(20)2/h6-7,9-14,17H,4-5,8,15H2,1-3H3,(H,23,24)/t17-/m0/s1. The van der Waals surface area contributed by atoms with Crippen molar-refractivity contribution in [3.8, 4) is 5.75 Å². The van der Waals surface area contributed by atoms with E-state index in [1.165, 1.54) is 0 Å². The number of amides is 1. The molecule has 2 aromatic rings. The van der Waals surface area contributed by atoms with Crippen molar-refractivity contribution in [3.05, 3.63) is 59.7 Å². The molecule has 0 saturated carbocycles. The minimum Gasteiger partial charge on any atom is -0.479 e. The lowest BCUT2D eigenvalue weighted by Crippen LogP contribution is -2.26. The molecule has 0 fully saturated rings. The first kappa shape index (κ1) is 20.5.